The van der Waals surface area contributed by atoms with E-state index in [1.165, 1.54) is 0 Å². The van der Waals surface area contributed by atoms with Crippen LogP contribution < -0.4 is 4.72 Å². The van der Waals surface area contributed by atoms with Crippen LogP contribution in [0.2, 0.25) is 0 Å². The lowest BCUT2D eigenvalue weighted by atomic mass is 9.79. The first-order valence-electron chi connectivity index (χ1n) is 7.59. The largest absolute Gasteiger partial charge is 0.481 e. The zero-order valence-corrected chi connectivity index (χ0v) is 13.6. The number of hydrogen-bond donors (Lipinski definition) is 2. The molecule has 5 nitrogen and oxygen atoms in total. The van der Waals surface area contributed by atoms with Crippen molar-refractivity contribution >= 4 is 26.8 Å². The molecule has 0 unspecified atom stereocenters. The summed E-state index contributed by atoms with van der Waals surface area (Å²) in [6, 6.07) is 10.7. The van der Waals surface area contributed by atoms with E-state index in [-0.39, 0.29) is 23.3 Å². The minimum Gasteiger partial charge on any atom is -0.481 e. The van der Waals surface area contributed by atoms with Gasteiger partial charge in [0.25, 0.3) is 0 Å². The lowest BCUT2D eigenvalue weighted by molar-refractivity contribution is -0.138. The van der Waals surface area contributed by atoms with Crippen molar-refractivity contribution in [3.05, 3.63) is 42.0 Å². The number of aryl methyl sites for hydroxylation is 1. The average Bonchev–Trinajstić information content (AvgIpc) is 2.45. The second kappa shape index (κ2) is 5.94. The zero-order chi connectivity index (χ0) is 16.6. The smallest absolute Gasteiger partial charge is 0.303 e. The Bertz CT molecular complexity index is 854. The van der Waals surface area contributed by atoms with Gasteiger partial charge in [-0.1, -0.05) is 30.3 Å². The fourth-order valence-electron chi connectivity index (χ4n) is 3.18. The predicted molar refractivity (Wildman–Crippen MR) is 87.8 cm³/mol. The molecule has 6 heteroatoms. The molecule has 23 heavy (non-hydrogen) atoms. The summed E-state index contributed by atoms with van der Waals surface area (Å²) in [4.78, 5) is 10.9. The van der Waals surface area contributed by atoms with Gasteiger partial charge in [0.2, 0.25) is 10.0 Å². The van der Waals surface area contributed by atoms with E-state index in [1.807, 2.05) is 37.3 Å². The Hall–Kier alpha value is -1.92. The highest BCUT2D eigenvalue weighted by molar-refractivity contribution is 7.89. The highest BCUT2D eigenvalue weighted by Gasteiger charge is 2.34. The summed E-state index contributed by atoms with van der Waals surface area (Å²) in [5.41, 5.74) is 1.03. The van der Waals surface area contributed by atoms with Crippen LogP contribution in [0.5, 0.6) is 0 Å². The maximum Gasteiger partial charge on any atom is 0.303 e. The molecule has 0 spiro atoms. The normalized spacial score (nSPS) is 21.1. The van der Waals surface area contributed by atoms with Gasteiger partial charge in [0.05, 0.1) is 4.90 Å². The molecule has 0 amide bonds. The molecule has 2 aromatic rings. The van der Waals surface area contributed by atoms with Gasteiger partial charge in [-0.15, -0.1) is 0 Å². The predicted octanol–water partition coefficient (Wildman–Crippen LogP) is 2.68. The summed E-state index contributed by atoms with van der Waals surface area (Å²) in [6.45, 7) is 1.95. The number of carbonyl (C=O) groups is 1. The van der Waals surface area contributed by atoms with E-state index in [0.717, 1.165) is 10.9 Å². The third kappa shape index (κ3) is 3.23. The Morgan fingerprint density at radius 3 is 2.48 bits per heavy atom. The Morgan fingerprint density at radius 2 is 1.83 bits per heavy atom. The molecule has 0 radical (unpaired) electrons. The molecule has 0 saturated heterocycles. The van der Waals surface area contributed by atoms with Gasteiger partial charge in [0, 0.05) is 17.8 Å². The number of benzene rings is 2. The van der Waals surface area contributed by atoms with Crippen LogP contribution in [0.1, 0.15) is 24.8 Å². The summed E-state index contributed by atoms with van der Waals surface area (Å²) in [5.74, 6) is -0.768. The third-order valence-corrected chi connectivity index (χ3v) is 5.99. The van der Waals surface area contributed by atoms with Gasteiger partial charge in [-0.2, -0.15) is 0 Å². The summed E-state index contributed by atoms with van der Waals surface area (Å²) in [5, 5.41) is 10.4. The maximum atomic E-state index is 12.7. The van der Waals surface area contributed by atoms with Crippen LogP contribution in [-0.2, 0) is 14.8 Å². The number of sulfonamides is 1. The molecule has 0 heterocycles. The molecular weight excluding hydrogens is 314 g/mol. The number of carboxylic acid groups (broad SMARTS) is 1. The zero-order valence-electron chi connectivity index (χ0n) is 12.8. The summed E-state index contributed by atoms with van der Waals surface area (Å²) in [7, 11) is -3.61. The molecule has 0 bridgehead atoms. The van der Waals surface area contributed by atoms with Crippen molar-refractivity contribution in [1.29, 1.82) is 0 Å². The van der Waals surface area contributed by atoms with Crippen LogP contribution in [0.4, 0.5) is 0 Å². The maximum absolute atomic E-state index is 12.7. The van der Waals surface area contributed by atoms with E-state index >= 15 is 0 Å². The molecule has 1 saturated carbocycles. The van der Waals surface area contributed by atoms with E-state index in [1.54, 1.807) is 6.07 Å². The minimum atomic E-state index is -3.61. The standard InChI is InChI=1S/C17H19NO4S/c1-11-6-7-16(15-5-3-2-4-14(11)15)23(21,22)18-13-8-12(9-13)10-17(19)20/h2-7,12-13,18H,8-10H2,1H3,(H,19,20). The van der Waals surface area contributed by atoms with Gasteiger partial charge in [0.15, 0.2) is 0 Å². The Balaban J connectivity index is 1.82. The van der Waals surface area contributed by atoms with Crippen LogP contribution >= 0.6 is 0 Å². The number of hydrogen-bond acceptors (Lipinski definition) is 3. The topological polar surface area (TPSA) is 83.5 Å². The Kier molecular flexibility index (Phi) is 4.12. The third-order valence-electron chi connectivity index (χ3n) is 4.41. The molecule has 2 N–H and O–H groups in total. The van der Waals surface area contributed by atoms with Crippen LogP contribution in [0, 0.1) is 12.8 Å². The van der Waals surface area contributed by atoms with Crippen LogP contribution in [0.15, 0.2) is 41.3 Å². The van der Waals surface area contributed by atoms with Gasteiger partial charge >= 0.3 is 5.97 Å². The van der Waals surface area contributed by atoms with Crippen molar-refractivity contribution in [2.24, 2.45) is 5.92 Å². The summed E-state index contributed by atoms with van der Waals surface area (Å²) in [6.07, 6.45) is 1.26. The number of rotatable bonds is 5. The van der Waals surface area contributed by atoms with Crippen LogP contribution in [-0.4, -0.2) is 25.5 Å². The highest BCUT2D eigenvalue weighted by Crippen LogP contribution is 2.32. The molecular formula is C17H19NO4S. The first kappa shape index (κ1) is 16.0. The molecule has 1 aliphatic rings. The first-order valence-corrected chi connectivity index (χ1v) is 9.07. The van der Waals surface area contributed by atoms with Crippen molar-refractivity contribution in [2.75, 3.05) is 0 Å². The van der Waals surface area contributed by atoms with Gasteiger partial charge in [-0.05, 0) is 42.7 Å². The van der Waals surface area contributed by atoms with Crippen molar-refractivity contribution in [1.82, 2.24) is 4.72 Å². The second-order valence-electron chi connectivity index (χ2n) is 6.18. The number of fused-ring (bicyclic) bond motifs is 1. The van der Waals surface area contributed by atoms with Gasteiger partial charge in [-0.3, -0.25) is 4.79 Å². The van der Waals surface area contributed by atoms with E-state index in [4.69, 9.17) is 5.11 Å². The van der Waals surface area contributed by atoms with Crippen LogP contribution in [0.3, 0.4) is 0 Å². The number of aliphatic carboxylic acids is 1. The summed E-state index contributed by atoms with van der Waals surface area (Å²) >= 11 is 0. The quantitative estimate of drug-likeness (QED) is 0.881. The molecule has 0 atom stereocenters. The Labute approximate surface area is 135 Å². The summed E-state index contributed by atoms with van der Waals surface area (Å²) < 4.78 is 28.0. The fourth-order valence-corrected chi connectivity index (χ4v) is 4.66. The molecule has 2 aromatic carbocycles. The number of nitrogens with one attached hydrogen (secondary N) is 1. The molecule has 1 fully saturated rings. The average molecular weight is 333 g/mol. The van der Waals surface area contributed by atoms with Crippen molar-refractivity contribution in [2.45, 2.75) is 37.1 Å². The molecule has 0 aromatic heterocycles. The van der Waals surface area contributed by atoms with E-state index < -0.39 is 16.0 Å². The van der Waals surface area contributed by atoms with Gasteiger partial charge in [0.1, 0.15) is 0 Å². The fraction of sp³-hybridized carbons (Fsp3) is 0.353. The molecule has 3 rings (SSSR count). The SMILES string of the molecule is Cc1ccc(S(=O)(=O)NC2CC(CC(=O)O)C2)c2ccccc12. The monoisotopic (exact) mass is 333 g/mol. The second-order valence-corrected chi connectivity index (χ2v) is 7.86. The Morgan fingerprint density at radius 1 is 1.17 bits per heavy atom. The minimum absolute atomic E-state index is 0.0648. The first-order chi connectivity index (χ1) is 10.9. The molecule has 122 valence electrons. The van der Waals surface area contributed by atoms with Gasteiger partial charge in [-0.25, -0.2) is 13.1 Å². The van der Waals surface area contributed by atoms with Crippen molar-refractivity contribution in [3.63, 3.8) is 0 Å². The van der Waals surface area contributed by atoms with E-state index in [9.17, 15) is 13.2 Å². The lowest BCUT2D eigenvalue weighted by Gasteiger charge is -2.34. The van der Waals surface area contributed by atoms with E-state index in [2.05, 4.69) is 4.72 Å². The van der Waals surface area contributed by atoms with Gasteiger partial charge < -0.3 is 5.11 Å². The number of carboxylic acids is 1. The van der Waals surface area contributed by atoms with Crippen LogP contribution in [0.25, 0.3) is 10.8 Å². The highest BCUT2D eigenvalue weighted by atomic mass is 32.2. The van der Waals surface area contributed by atoms with Crippen molar-refractivity contribution < 1.29 is 18.3 Å². The molecule has 1 aliphatic carbocycles. The van der Waals surface area contributed by atoms with Crippen molar-refractivity contribution in [3.8, 4) is 0 Å². The lowest BCUT2D eigenvalue weighted by Crippen LogP contribution is -2.44. The van der Waals surface area contributed by atoms with E-state index in [0.29, 0.717) is 18.2 Å². The molecule has 0 aliphatic heterocycles.